The van der Waals surface area contributed by atoms with Gasteiger partial charge in [-0.05, 0) is 55.2 Å². The Morgan fingerprint density at radius 1 is 1.16 bits per heavy atom. The second kappa shape index (κ2) is 7.78. The highest BCUT2D eigenvalue weighted by atomic mass is 32.2. The van der Waals surface area contributed by atoms with Gasteiger partial charge >= 0.3 is 0 Å². The molecular formula is C19H24N2O3S. The minimum absolute atomic E-state index is 0.299. The first-order chi connectivity index (χ1) is 12.1. The van der Waals surface area contributed by atoms with Crippen LogP contribution in [0.4, 0.5) is 11.4 Å². The second-order valence-corrected chi connectivity index (χ2v) is 7.80. The van der Waals surface area contributed by atoms with E-state index in [1.54, 1.807) is 36.4 Å². The molecule has 0 saturated carbocycles. The average molecular weight is 360 g/mol. The third kappa shape index (κ3) is 4.25. The van der Waals surface area contributed by atoms with Crippen molar-refractivity contribution < 1.29 is 13.2 Å². The second-order valence-electron chi connectivity index (χ2n) is 6.15. The zero-order valence-electron chi connectivity index (χ0n) is 14.4. The number of rotatable bonds is 7. The molecule has 2 N–H and O–H groups in total. The molecule has 0 atom stereocenters. The molecule has 25 heavy (non-hydrogen) atoms. The van der Waals surface area contributed by atoms with Gasteiger partial charge in [0, 0.05) is 12.2 Å². The van der Waals surface area contributed by atoms with E-state index in [1.165, 1.54) is 0 Å². The van der Waals surface area contributed by atoms with E-state index in [0.717, 1.165) is 49.2 Å². The Hall–Kier alpha value is -2.21. The lowest BCUT2D eigenvalue weighted by Crippen LogP contribution is -2.19. The summed E-state index contributed by atoms with van der Waals surface area (Å²) in [6.45, 7) is 3.57. The number of hydrogen-bond donors (Lipinski definition) is 2. The maximum atomic E-state index is 12.8. The Balaban J connectivity index is 1.76. The molecule has 0 amide bonds. The van der Waals surface area contributed by atoms with E-state index in [-0.39, 0.29) is 0 Å². The zero-order valence-corrected chi connectivity index (χ0v) is 15.2. The molecule has 2 aromatic rings. The van der Waals surface area contributed by atoms with Crippen molar-refractivity contribution in [2.75, 3.05) is 23.2 Å². The Morgan fingerprint density at radius 2 is 1.96 bits per heavy atom. The van der Waals surface area contributed by atoms with Crippen LogP contribution in [0.3, 0.4) is 0 Å². The van der Waals surface area contributed by atoms with Crippen LogP contribution in [-0.2, 0) is 16.4 Å². The summed E-state index contributed by atoms with van der Waals surface area (Å²) in [6, 6.07) is 12.4. The fourth-order valence-corrected chi connectivity index (χ4v) is 4.15. The Kier molecular flexibility index (Phi) is 5.48. The summed E-state index contributed by atoms with van der Waals surface area (Å²) in [5, 5.41) is 3.22. The van der Waals surface area contributed by atoms with Gasteiger partial charge in [-0.25, -0.2) is 8.42 Å². The Bertz CT molecular complexity index is 817. The summed E-state index contributed by atoms with van der Waals surface area (Å²) in [4.78, 5) is 0.299. The van der Waals surface area contributed by atoms with Gasteiger partial charge in [-0.1, -0.05) is 25.5 Å². The first-order valence-corrected chi connectivity index (χ1v) is 10.2. The summed E-state index contributed by atoms with van der Waals surface area (Å²) in [7, 11) is -3.64. The van der Waals surface area contributed by atoms with Gasteiger partial charge < -0.3 is 10.1 Å². The molecule has 0 fully saturated rings. The summed E-state index contributed by atoms with van der Waals surface area (Å²) >= 11 is 0. The van der Waals surface area contributed by atoms with Gasteiger partial charge in [0.15, 0.2) is 0 Å². The van der Waals surface area contributed by atoms with Crippen LogP contribution in [0.5, 0.6) is 5.75 Å². The van der Waals surface area contributed by atoms with Gasteiger partial charge in [0.05, 0.1) is 12.3 Å². The molecule has 134 valence electrons. The number of hydrogen-bond acceptors (Lipinski definition) is 4. The van der Waals surface area contributed by atoms with Crippen molar-refractivity contribution in [3.63, 3.8) is 0 Å². The average Bonchev–Trinajstić information content (AvgIpc) is 2.62. The van der Waals surface area contributed by atoms with Crippen molar-refractivity contribution in [2.45, 2.75) is 37.5 Å². The lowest BCUT2D eigenvalue weighted by Gasteiger charge is -2.21. The van der Waals surface area contributed by atoms with E-state index < -0.39 is 10.0 Å². The number of fused-ring (bicyclic) bond motifs is 1. The van der Waals surface area contributed by atoms with Gasteiger partial charge in [0.2, 0.25) is 0 Å². The van der Waals surface area contributed by atoms with Gasteiger partial charge in [-0.3, -0.25) is 4.72 Å². The summed E-state index contributed by atoms with van der Waals surface area (Å²) in [5.41, 5.74) is 2.30. The highest BCUT2D eigenvalue weighted by Crippen LogP contribution is 2.30. The number of unbranched alkanes of at least 4 members (excludes halogenated alkanes) is 1. The molecular weight excluding hydrogens is 336 g/mol. The number of ether oxygens (including phenoxy) is 1. The molecule has 0 unspecified atom stereocenters. The number of aryl methyl sites for hydroxylation is 1. The van der Waals surface area contributed by atoms with Crippen LogP contribution in [-0.4, -0.2) is 21.6 Å². The number of sulfonamides is 1. The molecule has 0 aliphatic carbocycles. The first kappa shape index (κ1) is 17.6. The van der Waals surface area contributed by atoms with E-state index in [4.69, 9.17) is 4.74 Å². The molecule has 6 heteroatoms. The van der Waals surface area contributed by atoms with Crippen LogP contribution >= 0.6 is 0 Å². The molecule has 1 heterocycles. The molecule has 3 rings (SSSR count). The summed E-state index contributed by atoms with van der Waals surface area (Å²) < 4.78 is 33.8. The maximum absolute atomic E-state index is 12.8. The maximum Gasteiger partial charge on any atom is 0.263 e. The fraction of sp³-hybridized carbons (Fsp3) is 0.368. The number of benzene rings is 2. The molecule has 5 nitrogen and oxygen atoms in total. The van der Waals surface area contributed by atoms with Crippen molar-refractivity contribution in [3.8, 4) is 5.75 Å². The Morgan fingerprint density at radius 3 is 2.72 bits per heavy atom. The zero-order chi connectivity index (χ0) is 17.7. The highest BCUT2D eigenvalue weighted by molar-refractivity contribution is 7.92. The van der Waals surface area contributed by atoms with Crippen LogP contribution in [0, 0.1) is 0 Å². The summed E-state index contributed by atoms with van der Waals surface area (Å²) in [6.07, 6.45) is 3.99. The van der Waals surface area contributed by atoms with E-state index in [9.17, 15) is 8.42 Å². The number of para-hydroxylation sites is 1. The van der Waals surface area contributed by atoms with Crippen LogP contribution < -0.4 is 14.8 Å². The smallest absolute Gasteiger partial charge is 0.263 e. The van der Waals surface area contributed by atoms with E-state index in [0.29, 0.717) is 17.2 Å². The van der Waals surface area contributed by atoms with Crippen molar-refractivity contribution >= 4 is 21.4 Å². The molecule has 0 aromatic heterocycles. The van der Waals surface area contributed by atoms with Crippen LogP contribution in [0.25, 0.3) is 0 Å². The van der Waals surface area contributed by atoms with E-state index in [1.807, 2.05) is 6.07 Å². The summed E-state index contributed by atoms with van der Waals surface area (Å²) in [5.74, 6) is 0.746. The molecule has 2 aromatic carbocycles. The van der Waals surface area contributed by atoms with E-state index >= 15 is 0 Å². The lowest BCUT2D eigenvalue weighted by atomic mass is 10.0. The fourth-order valence-electron chi connectivity index (χ4n) is 2.87. The molecule has 0 saturated heterocycles. The Labute approximate surface area is 149 Å². The van der Waals surface area contributed by atoms with Gasteiger partial charge in [0.1, 0.15) is 10.6 Å². The monoisotopic (exact) mass is 360 g/mol. The van der Waals surface area contributed by atoms with Gasteiger partial charge in [0.25, 0.3) is 10.0 Å². The minimum Gasteiger partial charge on any atom is -0.494 e. The van der Waals surface area contributed by atoms with Gasteiger partial charge in [-0.15, -0.1) is 0 Å². The molecule has 1 aliphatic rings. The topological polar surface area (TPSA) is 67.4 Å². The minimum atomic E-state index is -3.64. The van der Waals surface area contributed by atoms with Crippen molar-refractivity contribution in [2.24, 2.45) is 0 Å². The van der Waals surface area contributed by atoms with Crippen molar-refractivity contribution in [1.82, 2.24) is 0 Å². The lowest BCUT2D eigenvalue weighted by molar-refractivity contribution is 0.309. The van der Waals surface area contributed by atoms with E-state index in [2.05, 4.69) is 17.0 Å². The highest BCUT2D eigenvalue weighted by Gasteiger charge is 2.22. The predicted molar refractivity (Wildman–Crippen MR) is 101 cm³/mol. The SMILES string of the molecule is CCCCOc1ccc(NS(=O)(=O)c2cccc3c2NCCC3)cc1. The first-order valence-electron chi connectivity index (χ1n) is 8.71. The molecule has 0 spiro atoms. The largest absolute Gasteiger partial charge is 0.494 e. The molecule has 0 radical (unpaired) electrons. The van der Waals surface area contributed by atoms with Crippen LogP contribution in [0.1, 0.15) is 31.7 Å². The third-order valence-electron chi connectivity index (χ3n) is 4.20. The predicted octanol–water partition coefficient (Wildman–Crippen LogP) is 4.02. The van der Waals surface area contributed by atoms with Gasteiger partial charge in [-0.2, -0.15) is 0 Å². The van der Waals surface area contributed by atoms with Crippen molar-refractivity contribution in [3.05, 3.63) is 48.0 Å². The standard InChI is InChI=1S/C19H24N2O3S/c1-2-3-14-24-17-11-9-16(10-12-17)21-25(22,23)18-8-4-6-15-7-5-13-20-19(15)18/h4,6,8-12,20-21H,2-3,5,7,13-14H2,1H3. The normalized spacial score (nSPS) is 13.6. The van der Waals surface area contributed by atoms with Crippen LogP contribution in [0.15, 0.2) is 47.4 Å². The number of anilines is 2. The van der Waals surface area contributed by atoms with Crippen molar-refractivity contribution in [1.29, 1.82) is 0 Å². The third-order valence-corrected chi connectivity index (χ3v) is 5.62. The molecule has 0 bridgehead atoms. The number of nitrogens with one attached hydrogen (secondary N) is 2. The van der Waals surface area contributed by atoms with Crippen LogP contribution in [0.2, 0.25) is 0 Å². The molecule has 1 aliphatic heterocycles. The quantitative estimate of drug-likeness (QED) is 0.732.